The lowest BCUT2D eigenvalue weighted by Gasteiger charge is -2.09. The van der Waals surface area contributed by atoms with Crippen LogP contribution >= 0.6 is 11.3 Å². The van der Waals surface area contributed by atoms with Crippen LogP contribution in [0, 0.1) is 0 Å². The van der Waals surface area contributed by atoms with E-state index in [1.54, 1.807) is 11.1 Å². The van der Waals surface area contributed by atoms with E-state index in [1.807, 2.05) is 11.3 Å². The fourth-order valence-electron chi connectivity index (χ4n) is 2.80. The molecule has 0 saturated heterocycles. The van der Waals surface area contributed by atoms with E-state index >= 15 is 0 Å². The molecule has 0 aliphatic heterocycles. The second kappa shape index (κ2) is 3.64. The molecule has 0 radical (unpaired) electrons. The number of thiophene rings is 1. The molecular formula is C14H16S. The van der Waals surface area contributed by atoms with E-state index in [0.29, 0.717) is 0 Å². The van der Waals surface area contributed by atoms with E-state index < -0.39 is 0 Å². The molecule has 0 spiro atoms. The Balaban J connectivity index is 2.10. The van der Waals surface area contributed by atoms with E-state index in [9.17, 15) is 0 Å². The molecule has 1 aromatic heterocycles. The molecule has 1 heterocycles. The van der Waals surface area contributed by atoms with Gasteiger partial charge in [-0.3, -0.25) is 0 Å². The minimum atomic E-state index is 0.842. The van der Waals surface area contributed by atoms with Crippen LogP contribution in [0.3, 0.4) is 0 Å². The smallest absolute Gasteiger partial charge is 0.0345 e. The first-order valence-electron chi connectivity index (χ1n) is 5.88. The predicted molar refractivity (Wildman–Crippen MR) is 67.8 cm³/mol. The highest BCUT2D eigenvalue weighted by Gasteiger charge is 2.22. The third-order valence-electron chi connectivity index (χ3n) is 3.55. The minimum Gasteiger partial charge on any atom is -0.144 e. The van der Waals surface area contributed by atoms with E-state index in [-0.39, 0.29) is 0 Å². The molecule has 0 saturated carbocycles. The van der Waals surface area contributed by atoms with E-state index in [4.69, 9.17) is 0 Å². The number of hydrogen-bond donors (Lipinski definition) is 0. The summed E-state index contributed by atoms with van der Waals surface area (Å²) in [7, 11) is 0. The van der Waals surface area contributed by atoms with Crippen LogP contribution in [-0.4, -0.2) is 0 Å². The van der Waals surface area contributed by atoms with Crippen molar-refractivity contribution in [3.63, 3.8) is 0 Å². The summed E-state index contributed by atoms with van der Waals surface area (Å²) in [6.45, 7) is 2.29. The minimum absolute atomic E-state index is 0.842. The summed E-state index contributed by atoms with van der Waals surface area (Å²) < 4.78 is 1.46. The van der Waals surface area contributed by atoms with Crippen LogP contribution in [0.15, 0.2) is 23.6 Å². The molecule has 0 nitrogen and oxygen atoms in total. The molecule has 0 fully saturated rings. The van der Waals surface area contributed by atoms with Crippen LogP contribution in [0.2, 0.25) is 0 Å². The molecule has 2 aromatic rings. The molecule has 1 atom stereocenters. The Morgan fingerprint density at radius 2 is 2.33 bits per heavy atom. The average Bonchev–Trinajstić information content (AvgIpc) is 2.82. The predicted octanol–water partition coefficient (Wildman–Crippen LogP) is 4.73. The van der Waals surface area contributed by atoms with Crippen molar-refractivity contribution in [1.29, 1.82) is 0 Å². The number of fused-ring (bicyclic) bond motifs is 2. The van der Waals surface area contributed by atoms with Gasteiger partial charge in [0.25, 0.3) is 0 Å². The lowest BCUT2D eigenvalue weighted by molar-refractivity contribution is 0.608. The zero-order valence-corrected chi connectivity index (χ0v) is 9.94. The van der Waals surface area contributed by atoms with Gasteiger partial charge in [0.15, 0.2) is 0 Å². The summed E-state index contributed by atoms with van der Waals surface area (Å²) in [5, 5.41) is 3.65. The van der Waals surface area contributed by atoms with Gasteiger partial charge in [0.1, 0.15) is 0 Å². The lowest BCUT2D eigenvalue weighted by atomic mass is 9.96. The van der Waals surface area contributed by atoms with Crippen LogP contribution < -0.4 is 0 Å². The molecule has 15 heavy (non-hydrogen) atoms. The van der Waals surface area contributed by atoms with Crippen molar-refractivity contribution in [3.8, 4) is 0 Å². The molecule has 1 aromatic carbocycles. The van der Waals surface area contributed by atoms with Crippen molar-refractivity contribution < 1.29 is 0 Å². The van der Waals surface area contributed by atoms with Crippen molar-refractivity contribution in [3.05, 3.63) is 34.7 Å². The Labute approximate surface area is 94.9 Å². The van der Waals surface area contributed by atoms with Gasteiger partial charge < -0.3 is 0 Å². The Hall–Kier alpha value is -0.820. The summed E-state index contributed by atoms with van der Waals surface area (Å²) in [4.78, 5) is 0. The van der Waals surface area contributed by atoms with Crippen LogP contribution in [0.1, 0.15) is 43.2 Å². The second-order valence-electron chi connectivity index (χ2n) is 4.53. The Morgan fingerprint density at radius 1 is 1.40 bits per heavy atom. The van der Waals surface area contributed by atoms with Gasteiger partial charge in [0, 0.05) is 4.70 Å². The molecule has 78 valence electrons. The first-order chi connectivity index (χ1) is 7.38. The summed E-state index contributed by atoms with van der Waals surface area (Å²) in [6.07, 6.45) is 5.35. The highest BCUT2D eigenvalue weighted by Crippen LogP contribution is 2.39. The topological polar surface area (TPSA) is 0 Å². The Kier molecular flexibility index (Phi) is 2.28. The van der Waals surface area contributed by atoms with Crippen molar-refractivity contribution in [2.75, 3.05) is 0 Å². The van der Waals surface area contributed by atoms with Crippen molar-refractivity contribution in [1.82, 2.24) is 0 Å². The van der Waals surface area contributed by atoms with Gasteiger partial charge in [-0.05, 0) is 65.3 Å². The average molecular weight is 216 g/mol. The summed E-state index contributed by atoms with van der Waals surface area (Å²) in [5.41, 5.74) is 3.26. The zero-order chi connectivity index (χ0) is 10.3. The monoisotopic (exact) mass is 216 g/mol. The highest BCUT2D eigenvalue weighted by atomic mass is 32.1. The molecule has 0 amide bonds. The summed E-state index contributed by atoms with van der Waals surface area (Å²) in [5.74, 6) is 0.842. The van der Waals surface area contributed by atoms with Gasteiger partial charge in [-0.25, -0.2) is 0 Å². The molecule has 1 aliphatic carbocycles. The zero-order valence-electron chi connectivity index (χ0n) is 9.12. The first kappa shape index (κ1) is 9.41. The van der Waals surface area contributed by atoms with Crippen molar-refractivity contribution in [2.24, 2.45) is 0 Å². The van der Waals surface area contributed by atoms with E-state index in [2.05, 4.69) is 30.5 Å². The lowest BCUT2D eigenvalue weighted by Crippen LogP contribution is -1.91. The Bertz CT molecular complexity index is 481. The standard InChI is InChI=1S/C14H16S/c1-2-3-10-4-5-11-9-14-12(6-7-15-14)8-13(10)11/h6-10H,2-5H2,1H3. The quantitative estimate of drug-likeness (QED) is 0.680. The summed E-state index contributed by atoms with van der Waals surface area (Å²) >= 11 is 1.87. The molecule has 1 unspecified atom stereocenters. The SMILES string of the molecule is CCCC1CCc2cc3sccc3cc21. The molecule has 1 heteroatoms. The van der Waals surface area contributed by atoms with Gasteiger partial charge >= 0.3 is 0 Å². The Morgan fingerprint density at radius 3 is 3.20 bits per heavy atom. The third-order valence-corrected chi connectivity index (χ3v) is 4.43. The van der Waals surface area contributed by atoms with Gasteiger partial charge in [-0.15, -0.1) is 11.3 Å². The maximum atomic E-state index is 2.44. The second-order valence-corrected chi connectivity index (χ2v) is 5.48. The van der Waals surface area contributed by atoms with Crippen LogP contribution in [0.5, 0.6) is 0 Å². The first-order valence-corrected chi connectivity index (χ1v) is 6.76. The number of aryl methyl sites for hydroxylation is 1. The molecule has 0 bridgehead atoms. The molecule has 1 aliphatic rings. The highest BCUT2D eigenvalue weighted by molar-refractivity contribution is 7.17. The largest absolute Gasteiger partial charge is 0.144 e. The van der Waals surface area contributed by atoms with Crippen LogP contribution in [0.4, 0.5) is 0 Å². The van der Waals surface area contributed by atoms with E-state index in [1.165, 1.54) is 35.8 Å². The van der Waals surface area contributed by atoms with Crippen LogP contribution in [-0.2, 0) is 6.42 Å². The van der Waals surface area contributed by atoms with Crippen molar-refractivity contribution in [2.45, 2.75) is 38.5 Å². The number of benzene rings is 1. The fraction of sp³-hybridized carbons (Fsp3) is 0.429. The third kappa shape index (κ3) is 1.50. The molecular weight excluding hydrogens is 200 g/mol. The maximum absolute atomic E-state index is 2.44. The fourth-order valence-corrected chi connectivity index (χ4v) is 3.63. The van der Waals surface area contributed by atoms with Gasteiger partial charge in [-0.2, -0.15) is 0 Å². The van der Waals surface area contributed by atoms with Crippen molar-refractivity contribution >= 4 is 21.4 Å². The summed E-state index contributed by atoms with van der Waals surface area (Å²) in [6, 6.07) is 7.11. The number of hydrogen-bond acceptors (Lipinski definition) is 1. The van der Waals surface area contributed by atoms with E-state index in [0.717, 1.165) is 5.92 Å². The molecule has 0 N–H and O–H groups in total. The normalized spacial score (nSPS) is 19.7. The molecule has 3 rings (SSSR count). The van der Waals surface area contributed by atoms with Gasteiger partial charge in [0.05, 0.1) is 0 Å². The van der Waals surface area contributed by atoms with Gasteiger partial charge in [-0.1, -0.05) is 13.3 Å². The van der Waals surface area contributed by atoms with Gasteiger partial charge in [0.2, 0.25) is 0 Å². The maximum Gasteiger partial charge on any atom is 0.0345 e. The number of rotatable bonds is 2. The van der Waals surface area contributed by atoms with Crippen LogP contribution in [0.25, 0.3) is 10.1 Å².